The molecule has 0 atom stereocenters. The molecule has 0 fully saturated rings. The first-order valence-electron chi connectivity index (χ1n) is 10.8. The molecule has 0 aliphatic rings. The standard InChI is InChI=1S/C24H26N4O4S2/c1-14(2)28-34(30,31)13-18-9-7-17(8-10-18)12-25-23(29)21-15(3)20-16(4)26-22(27-24(20)33-21)19-6-5-11-32-19/h5-11,14,28H,12-13H2,1-4H3,(H,25,29). The van der Waals surface area contributed by atoms with E-state index < -0.39 is 10.0 Å². The minimum atomic E-state index is -3.38. The molecule has 1 aromatic carbocycles. The van der Waals surface area contributed by atoms with Gasteiger partial charge in [-0.25, -0.2) is 23.1 Å². The van der Waals surface area contributed by atoms with Crippen molar-refractivity contribution in [2.75, 3.05) is 0 Å². The second kappa shape index (κ2) is 9.65. The molecule has 8 nitrogen and oxygen atoms in total. The van der Waals surface area contributed by atoms with Crippen LogP contribution in [0.4, 0.5) is 0 Å². The number of hydrogen-bond acceptors (Lipinski definition) is 7. The van der Waals surface area contributed by atoms with E-state index in [2.05, 4.69) is 20.0 Å². The van der Waals surface area contributed by atoms with Gasteiger partial charge in [0.05, 0.1) is 22.6 Å². The van der Waals surface area contributed by atoms with Gasteiger partial charge in [-0.3, -0.25) is 4.79 Å². The summed E-state index contributed by atoms with van der Waals surface area (Å²) in [5.41, 5.74) is 3.20. The van der Waals surface area contributed by atoms with Crippen LogP contribution in [-0.4, -0.2) is 30.3 Å². The van der Waals surface area contributed by atoms with Gasteiger partial charge in [-0.15, -0.1) is 11.3 Å². The Morgan fingerprint density at radius 2 is 1.79 bits per heavy atom. The summed E-state index contributed by atoms with van der Waals surface area (Å²) in [6.07, 6.45) is 1.57. The fourth-order valence-corrected chi connectivity index (χ4v) is 6.29. The number of carbonyl (C=O) groups excluding carboxylic acids is 1. The number of hydrogen-bond donors (Lipinski definition) is 2. The van der Waals surface area contributed by atoms with Crippen molar-refractivity contribution in [3.05, 3.63) is 69.9 Å². The highest BCUT2D eigenvalue weighted by Crippen LogP contribution is 2.33. The highest BCUT2D eigenvalue weighted by molar-refractivity contribution is 7.88. The number of amides is 1. The van der Waals surface area contributed by atoms with Crippen LogP contribution in [0.2, 0.25) is 0 Å². The third-order valence-corrected chi connectivity index (χ3v) is 7.90. The van der Waals surface area contributed by atoms with Crippen LogP contribution in [0, 0.1) is 13.8 Å². The zero-order chi connectivity index (χ0) is 24.5. The molecule has 0 spiro atoms. The number of thiophene rings is 1. The average molecular weight is 499 g/mol. The van der Waals surface area contributed by atoms with Crippen LogP contribution < -0.4 is 10.0 Å². The molecule has 0 aliphatic carbocycles. The van der Waals surface area contributed by atoms with E-state index in [0.717, 1.165) is 27.0 Å². The Morgan fingerprint density at radius 1 is 1.09 bits per heavy atom. The van der Waals surface area contributed by atoms with E-state index in [4.69, 9.17) is 4.42 Å². The first-order valence-corrected chi connectivity index (χ1v) is 13.3. The van der Waals surface area contributed by atoms with Crippen molar-refractivity contribution in [3.63, 3.8) is 0 Å². The smallest absolute Gasteiger partial charge is 0.261 e. The first kappa shape index (κ1) is 24.1. The van der Waals surface area contributed by atoms with Gasteiger partial charge in [0.2, 0.25) is 10.0 Å². The van der Waals surface area contributed by atoms with Gasteiger partial charge in [-0.2, -0.15) is 0 Å². The number of carbonyl (C=O) groups is 1. The highest BCUT2D eigenvalue weighted by Gasteiger charge is 2.20. The van der Waals surface area contributed by atoms with Crippen LogP contribution in [0.15, 0.2) is 47.1 Å². The number of aryl methyl sites for hydroxylation is 2. The molecule has 10 heteroatoms. The summed E-state index contributed by atoms with van der Waals surface area (Å²) in [5, 5.41) is 3.83. The van der Waals surface area contributed by atoms with Crippen LogP contribution in [0.5, 0.6) is 0 Å². The summed E-state index contributed by atoms with van der Waals surface area (Å²) < 4.78 is 32.2. The van der Waals surface area contributed by atoms with Crippen LogP contribution in [0.3, 0.4) is 0 Å². The minimum absolute atomic E-state index is 0.0841. The summed E-state index contributed by atoms with van der Waals surface area (Å²) >= 11 is 1.33. The summed E-state index contributed by atoms with van der Waals surface area (Å²) in [6, 6.07) is 10.6. The largest absolute Gasteiger partial charge is 0.461 e. The molecule has 3 aromatic heterocycles. The van der Waals surface area contributed by atoms with E-state index in [1.54, 1.807) is 44.4 Å². The topological polar surface area (TPSA) is 114 Å². The molecule has 3 heterocycles. The van der Waals surface area contributed by atoms with E-state index in [9.17, 15) is 13.2 Å². The van der Waals surface area contributed by atoms with Crippen molar-refractivity contribution in [3.8, 4) is 11.6 Å². The Hall–Kier alpha value is -3.08. The van der Waals surface area contributed by atoms with Crippen molar-refractivity contribution in [2.24, 2.45) is 0 Å². The predicted octanol–water partition coefficient (Wildman–Crippen LogP) is 4.33. The lowest BCUT2D eigenvalue weighted by Gasteiger charge is -2.10. The van der Waals surface area contributed by atoms with Gasteiger partial charge in [0.15, 0.2) is 11.6 Å². The number of rotatable bonds is 8. The van der Waals surface area contributed by atoms with Crippen molar-refractivity contribution in [1.82, 2.24) is 20.0 Å². The van der Waals surface area contributed by atoms with Gasteiger partial charge in [0.25, 0.3) is 5.91 Å². The summed E-state index contributed by atoms with van der Waals surface area (Å²) in [4.78, 5) is 23.4. The second-order valence-electron chi connectivity index (χ2n) is 8.38. The van der Waals surface area contributed by atoms with E-state index in [1.807, 2.05) is 26.0 Å². The van der Waals surface area contributed by atoms with Gasteiger partial charge in [-0.05, 0) is 56.5 Å². The molecular formula is C24H26N4O4S2. The molecule has 178 valence electrons. The molecule has 1 amide bonds. The van der Waals surface area contributed by atoms with Crippen LogP contribution in [-0.2, 0) is 22.3 Å². The van der Waals surface area contributed by atoms with Crippen molar-refractivity contribution >= 4 is 37.5 Å². The van der Waals surface area contributed by atoms with E-state index in [-0.39, 0.29) is 17.7 Å². The van der Waals surface area contributed by atoms with Gasteiger partial charge < -0.3 is 9.73 Å². The Morgan fingerprint density at radius 3 is 2.44 bits per heavy atom. The molecule has 0 saturated heterocycles. The molecule has 0 aliphatic heterocycles. The molecule has 0 bridgehead atoms. The van der Waals surface area contributed by atoms with Gasteiger partial charge >= 0.3 is 0 Å². The number of fused-ring (bicyclic) bond motifs is 1. The van der Waals surface area contributed by atoms with Crippen LogP contribution in [0.1, 0.15) is 45.9 Å². The number of nitrogens with one attached hydrogen (secondary N) is 2. The number of sulfonamides is 1. The molecule has 4 aromatic rings. The summed E-state index contributed by atoms with van der Waals surface area (Å²) in [5.74, 6) is 0.804. The average Bonchev–Trinajstić information content (AvgIpc) is 3.40. The molecule has 0 saturated carbocycles. The Balaban J connectivity index is 1.46. The van der Waals surface area contributed by atoms with Gasteiger partial charge in [0, 0.05) is 18.0 Å². The molecule has 34 heavy (non-hydrogen) atoms. The van der Waals surface area contributed by atoms with Crippen LogP contribution in [0.25, 0.3) is 21.8 Å². The maximum absolute atomic E-state index is 12.9. The summed E-state index contributed by atoms with van der Waals surface area (Å²) in [6.45, 7) is 7.69. The normalized spacial score (nSPS) is 11.9. The number of benzene rings is 1. The zero-order valence-corrected chi connectivity index (χ0v) is 21.0. The lowest BCUT2D eigenvalue weighted by atomic mass is 10.1. The number of nitrogens with zero attached hydrogens (tertiary/aromatic N) is 2. The molecular weight excluding hydrogens is 472 g/mol. The van der Waals surface area contributed by atoms with Crippen LogP contribution >= 0.6 is 11.3 Å². The van der Waals surface area contributed by atoms with E-state index in [0.29, 0.717) is 28.6 Å². The predicted molar refractivity (Wildman–Crippen MR) is 133 cm³/mol. The molecule has 0 unspecified atom stereocenters. The second-order valence-corrected chi connectivity index (χ2v) is 11.1. The van der Waals surface area contributed by atoms with E-state index >= 15 is 0 Å². The third kappa shape index (κ3) is 5.35. The lowest BCUT2D eigenvalue weighted by Crippen LogP contribution is -2.31. The SMILES string of the molecule is Cc1nc(-c2ccco2)nc2sc(C(=O)NCc3ccc(CS(=O)(=O)NC(C)C)cc3)c(C)c12. The van der Waals surface area contributed by atoms with E-state index in [1.165, 1.54) is 11.3 Å². The lowest BCUT2D eigenvalue weighted by molar-refractivity contribution is 0.0954. The number of aromatic nitrogens is 2. The monoisotopic (exact) mass is 498 g/mol. The van der Waals surface area contributed by atoms with Crippen molar-refractivity contribution in [2.45, 2.75) is 46.0 Å². The first-order chi connectivity index (χ1) is 16.1. The fraction of sp³-hybridized carbons (Fsp3) is 0.292. The Labute approximate surface area is 202 Å². The van der Waals surface area contributed by atoms with Crippen molar-refractivity contribution < 1.29 is 17.6 Å². The number of furan rings is 1. The maximum Gasteiger partial charge on any atom is 0.261 e. The Kier molecular flexibility index (Phi) is 6.83. The minimum Gasteiger partial charge on any atom is -0.461 e. The highest BCUT2D eigenvalue weighted by atomic mass is 32.2. The molecule has 0 radical (unpaired) electrons. The fourth-order valence-electron chi connectivity index (χ4n) is 3.71. The van der Waals surface area contributed by atoms with Gasteiger partial charge in [0.1, 0.15) is 4.83 Å². The maximum atomic E-state index is 12.9. The molecule has 4 rings (SSSR count). The zero-order valence-electron chi connectivity index (χ0n) is 19.4. The summed E-state index contributed by atoms with van der Waals surface area (Å²) in [7, 11) is -3.38. The third-order valence-electron chi connectivity index (χ3n) is 5.17. The Bertz CT molecular complexity index is 1420. The molecule has 2 N–H and O–H groups in total. The van der Waals surface area contributed by atoms with Gasteiger partial charge in [-0.1, -0.05) is 24.3 Å². The quantitative estimate of drug-likeness (QED) is 0.374. The van der Waals surface area contributed by atoms with Crippen molar-refractivity contribution in [1.29, 1.82) is 0 Å².